The lowest BCUT2D eigenvalue weighted by atomic mass is 10.2. The van der Waals surface area contributed by atoms with E-state index < -0.39 is 0 Å². The van der Waals surface area contributed by atoms with Gasteiger partial charge in [0.2, 0.25) is 0 Å². The summed E-state index contributed by atoms with van der Waals surface area (Å²) in [5.41, 5.74) is 2.07. The van der Waals surface area contributed by atoms with Crippen LogP contribution in [0.2, 0.25) is 0 Å². The van der Waals surface area contributed by atoms with Gasteiger partial charge in [-0.1, -0.05) is 46.3 Å². The maximum Gasteiger partial charge on any atom is 0.0630 e. The highest BCUT2D eigenvalue weighted by molar-refractivity contribution is 9.10. The van der Waals surface area contributed by atoms with Crippen molar-refractivity contribution in [3.8, 4) is 0 Å². The highest BCUT2D eigenvalue weighted by Crippen LogP contribution is 2.16. The average molecular weight is 260 g/mol. The topological polar surface area (TPSA) is 12.4 Å². The molecule has 74 valence electrons. The summed E-state index contributed by atoms with van der Waals surface area (Å²) in [6.45, 7) is 0. The van der Waals surface area contributed by atoms with Gasteiger partial charge in [0, 0.05) is 10.7 Å². The molecule has 0 spiro atoms. The second-order valence-corrected chi connectivity index (χ2v) is 4.06. The maximum atomic E-state index is 4.37. The smallest absolute Gasteiger partial charge is 0.0630 e. The van der Waals surface area contributed by atoms with E-state index in [4.69, 9.17) is 0 Å². The molecule has 0 aliphatic heterocycles. The third-order valence-electron chi connectivity index (χ3n) is 1.99. The quantitative estimate of drug-likeness (QED) is 0.717. The Morgan fingerprint density at radius 2 is 1.53 bits per heavy atom. The van der Waals surface area contributed by atoms with Crippen molar-refractivity contribution in [3.63, 3.8) is 0 Å². The minimum atomic E-state index is 0.960. The fourth-order valence-electron chi connectivity index (χ4n) is 1.22. The van der Waals surface area contributed by atoms with E-state index in [-0.39, 0.29) is 0 Å². The Kier molecular flexibility index (Phi) is 3.30. The number of halogens is 1. The third-order valence-corrected chi connectivity index (χ3v) is 2.52. The van der Waals surface area contributed by atoms with Crippen molar-refractivity contribution in [1.82, 2.24) is 0 Å². The van der Waals surface area contributed by atoms with E-state index in [1.165, 1.54) is 0 Å². The Morgan fingerprint density at radius 3 is 2.20 bits per heavy atom. The molecule has 0 bridgehead atoms. The van der Waals surface area contributed by atoms with Gasteiger partial charge >= 0.3 is 0 Å². The fraction of sp³-hybridized carbons (Fsp3) is 0. The van der Waals surface area contributed by atoms with Gasteiger partial charge in [-0.2, -0.15) is 0 Å². The van der Waals surface area contributed by atoms with Gasteiger partial charge in [0.25, 0.3) is 0 Å². The lowest BCUT2D eigenvalue weighted by Gasteiger charge is -1.94. The first-order valence-corrected chi connectivity index (χ1v) is 5.48. The van der Waals surface area contributed by atoms with Crippen molar-refractivity contribution in [1.29, 1.82) is 0 Å². The molecule has 0 N–H and O–H groups in total. The zero-order valence-electron chi connectivity index (χ0n) is 8.10. The van der Waals surface area contributed by atoms with Crippen LogP contribution in [0.1, 0.15) is 5.56 Å². The second kappa shape index (κ2) is 4.89. The molecular formula is C13H10BrN. The zero-order valence-corrected chi connectivity index (χ0v) is 9.68. The van der Waals surface area contributed by atoms with E-state index in [0.29, 0.717) is 0 Å². The van der Waals surface area contributed by atoms with Gasteiger partial charge in [-0.25, -0.2) is 0 Å². The number of aliphatic imine (C=N–C) groups is 1. The second-order valence-electron chi connectivity index (χ2n) is 3.15. The zero-order chi connectivity index (χ0) is 10.5. The molecular weight excluding hydrogens is 250 g/mol. The van der Waals surface area contributed by atoms with Crippen molar-refractivity contribution < 1.29 is 0 Å². The van der Waals surface area contributed by atoms with Gasteiger partial charge in [-0.3, -0.25) is 4.99 Å². The van der Waals surface area contributed by atoms with Crippen LogP contribution in [0, 0.1) is 0 Å². The Balaban J connectivity index is 2.15. The van der Waals surface area contributed by atoms with Crippen molar-refractivity contribution >= 4 is 27.8 Å². The molecule has 0 aliphatic carbocycles. The van der Waals surface area contributed by atoms with Crippen LogP contribution in [0.25, 0.3) is 0 Å². The summed E-state index contributed by atoms with van der Waals surface area (Å²) >= 11 is 3.39. The summed E-state index contributed by atoms with van der Waals surface area (Å²) in [6, 6.07) is 18.0. The van der Waals surface area contributed by atoms with Crippen LogP contribution in [0.4, 0.5) is 5.69 Å². The van der Waals surface area contributed by atoms with Crippen molar-refractivity contribution in [2.75, 3.05) is 0 Å². The van der Waals surface area contributed by atoms with Gasteiger partial charge < -0.3 is 0 Å². The number of benzene rings is 2. The number of hydrogen-bond acceptors (Lipinski definition) is 1. The molecule has 15 heavy (non-hydrogen) atoms. The molecule has 2 aromatic carbocycles. The largest absolute Gasteiger partial charge is 0.256 e. The molecule has 0 amide bonds. The third kappa shape index (κ3) is 3.03. The van der Waals surface area contributed by atoms with Crippen molar-refractivity contribution in [3.05, 3.63) is 64.6 Å². The lowest BCUT2D eigenvalue weighted by Crippen LogP contribution is -1.77. The summed E-state index contributed by atoms with van der Waals surface area (Å²) in [7, 11) is 0. The Hall–Kier alpha value is -1.41. The first-order valence-electron chi connectivity index (χ1n) is 4.69. The Bertz CT molecular complexity index is 446. The molecule has 0 atom stereocenters. The van der Waals surface area contributed by atoms with E-state index >= 15 is 0 Å². The molecule has 0 unspecified atom stereocenters. The van der Waals surface area contributed by atoms with E-state index in [0.717, 1.165) is 15.7 Å². The lowest BCUT2D eigenvalue weighted by molar-refractivity contribution is 1.51. The summed E-state index contributed by atoms with van der Waals surface area (Å²) in [5.74, 6) is 0. The van der Waals surface area contributed by atoms with Gasteiger partial charge in [-0.05, 0) is 29.8 Å². The molecule has 0 saturated carbocycles. The molecule has 2 rings (SSSR count). The molecule has 2 aromatic rings. The van der Waals surface area contributed by atoms with Crippen LogP contribution in [0.5, 0.6) is 0 Å². The monoisotopic (exact) mass is 259 g/mol. The normalized spacial score (nSPS) is 10.7. The molecule has 0 saturated heterocycles. The summed E-state index contributed by atoms with van der Waals surface area (Å²) in [4.78, 5) is 4.37. The molecule has 0 aromatic heterocycles. The summed E-state index contributed by atoms with van der Waals surface area (Å²) in [5, 5.41) is 0. The van der Waals surface area contributed by atoms with Crippen LogP contribution in [-0.2, 0) is 0 Å². The Morgan fingerprint density at radius 1 is 0.867 bits per heavy atom. The van der Waals surface area contributed by atoms with Gasteiger partial charge in [0.1, 0.15) is 0 Å². The number of hydrogen-bond donors (Lipinski definition) is 0. The van der Waals surface area contributed by atoms with Crippen LogP contribution in [-0.4, -0.2) is 6.21 Å². The molecule has 0 heterocycles. The number of rotatable bonds is 2. The van der Waals surface area contributed by atoms with Crippen LogP contribution in [0.3, 0.4) is 0 Å². The maximum absolute atomic E-state index is 4.37. The molecule has 1 nitrogen and oxygen atoms in total. The predicted octanol–water partition coefficient (Wildman–Crippen LogP) is 4.20. The molecule has 0 radical (unpaired) electrons. The van der Waals surface area contributed by atoms with E-state index in [1.807, 2.05) is 60.8 Å². The minimum Gasteiger partial charge on any atom is -0.256 e. The van der Waals surface area contributed by atoms with Crippen LogP contribution < -0.4 is 0 Å². The predicted molar refractivity (Wildman–Crippen MR) is 67.8 cm³/mol. The first kappa shape index (κ1) is 10.1. The van der Waals surface area contributed by atoms with Crippen molar-refractivity contribution in [2.45, 2.75) is 0 Å². The van der Waals surface area contributed by atoms with Crippen molar-refractivity contribution in [2.24, 2.45) is 4.99 Å². The van der Waals surface area contributed by atoms with E-state index in [9.17, 15) is 0 Å². The average Bonchev–Trinajstić information content (AvgIpc) is 2.30. The van der Waals surface area contributed by atoms with Crippen LogP contribution >= 0.6 is 15.9 Å². The van der Waals surface area contributed by atoms with E-state index in [1.54, 1.807) is 0 Å². The summed E-state index contributed by atoms with van der Waals surface area (Å²) < 4.78 is 1.07. The highest BCUT2D eigenvalue weighted by Gasteiger charge is 1.88. The SMILES string of the molecule is Brc1ccc(/N=C\c2ccccc2)cc1. The standard InChI is InChI=1S/C13H10BrN/c14-12-6-8-13(9-7-12)15-10-11-4-2-1-3-5-11/h1-10H/b15-10-. The highest BCUT2D eigenvalue weighted by atomic mass is 79.9. The fourth-order valence-corrected chi connectivity index (χ4v) is 1.48. The summed E-state index contributed by atoms with van der Waals surface area (Å²) in [6.07, 6.45) is 1.86. The molecule has 0 aliphatic rings. The Labute approximate surface area is 97.6 Å². The molecule has 0 fully saturated rings. The minimum absolute atomic E-state index is 0.960. The van der Waals surface area contributed by atoms with Gasteiger partial charge in [0.15, 0.2) is 0 Å². The first-order chi connectivity index (χ1) is 7.34. The number of nitrogens with zero attached hydrogens (tertiary/aromatic N) is 1. The van der Waals surface area contributed by atoms with Gasteiger partial charge in [-0.15, -0.1) is 0 Å². The molecule has 2 heteroatoms. The van der Waals surface area contributed by atoms with E-state index in [2.05, 4.69) is 20.9 Å². The van der Waals surface area contributed by atoms with Crippen LogP contribution in [0.15, 0.2) is 64.1 Å². The van der Waals surface area contributed by atoms with Gasteiger partial charge in [0.05, 0.1) is 5.69 Å².